The van der Waals surface area contributed by atoms with Crippen LogP contribution in [-0.2, 0) is 0 Å². The normalized spacial score (nSPS) is 10.4. The number of rotatable bonds is 2. The van der Waals surface area contributed by atoms with Crippen molar-refractivity contribution in [2.75, 3.05) is 5.32 Å². The molecule has 3 nitrogen and oxygen atoms in total. The molecule has 2 aromatic rings. The van der Waals surface area contributed by atoms with E-state index in [0.29, 0.717) is 11.3 Å². The van der Waals surface area contributed by atoms with Crippen LogP contribution >= 0.6 is 39.1 Å². The molecule has 20 heavy (non-hydrogen) atoms. The van der Waals surface area contributed by atoms with E-state index in [1.165, 1.54) is 12.3 Å². The summed E-state index contributed by atoms with van der Waals surface area (Å²) in [6.45, 7) is 3.92. The Hall–Kier alpha value is -1.10. The van der Waals surface area contributed by atoms with Gasteiger partial charge in [-0.15, -0.1) is 0 Å². The standard InChI is InChI=1S/C14H11BrCl2N2O/c1-7-3-9(4-8(2)13(7)15)19-14(20)10-5-12(17)18-6-11(10)16/h3-6H,1-2H3,(H,19,20). The topological polar surface area (TPSA) is 42.0 Å². The summed E-state index contributed by atoms with van der Waals surface area (Å²) in [6, 6.07) is 5.20. The summed E-state index contributed by atoms with van der Waals surface area (Å²) in [5, 5.41) is 3.29. The molecule has 0 aliphatic carbocycles. The van der Waals surface area contributed by atoms with Crippen molar-refractivity contribution in [1.29, 1.82) is 0 Å². The van der Waals surface area contributed by atoms with Gasteiger partial charge in [0, 0.05) is 16.4 Å². The lowest BCUT2D eigenvalue weighted by molar-refractivity contribution is 0.102. The number of nitrogens with zero attached hydrogens (tertiary/aromatic N) is 1. The van der Waals surface area contributed by atoms with Gasteiger partial charge in [-0.2, -0.15) is 0 Å². The average Bonchev–Trinajstić information content (AvgIpc) is 2.38. The molecule has 1 amide bonds. The Bertz CT molecular complexity index is 666. The van der Waals surface area contributed by atoms with Crippen LogP contribution in [0.4, 0.5) is 5.69 Å². The smallest absolute Gasteiger partial charge is 0.257 e. The molecule has 0 aliphatic heterocycles. The summed E-state index contributed by atoms with van der Waals surface area (Å²) < 4.78 is 1.03. The van der Waals surface area contributed by atoms with E-state index in [0.717, 1.165) is 15.6 Å². The Morgan fingerprint density at radius 2 is 1.80 bits per heavy atom. The van der Waals surface area contributed by atoms with Gasteiger partial charge in [0.05, 0.1) is 10.6 Å². The summed E-state index contributed by atoms with van der Waals surface area (Å²) in [5.41, 5.74) is 3.08. The van der Waals surface area contributed by atoms with E-state index >= 15 is 0 Å². The monoisotopic (exact) mass is 372 g/mol. The third kappa shape index (κ3) is 3.32. The van der Waals surface area contributed by atoms with Crippen molar-refractivity contribution >= 4 is 50.7 Å². The molecule has 0 unspecified atom stereocenters. The van der Waals surface area contributed by atoms with Crippen LogP contribution in [0.5, 0.6) is 0 Å². The fourth-order valence-corrected chi connectivity index (χ4v) is 2.38. The first-order valence-corrected chi connectivity index (χ1v) is 7.32. The van der Waals surface area contributed by atoms with Gasteiger partial charge in [-0.3, -0.25) is 4.79 Å². The lowest BCUT2D eigenvalue weighted by atomic mass is 10.1. The van der Waals surface area contributed by atoms with E-state index in [4.69, 9.17) is 23.2 Å². The third-order valence-electron chi connectivity index (χ3n) is 2.76. The maximum absolute atomic E-state index is 12.2. The lowest BCUT2D eigenvalue weighted by Crippen LogP contribution is -2.13. The van der Waals surface area contributed by atoms with Crippen molar-refractivity contribution in [3.63, 3.8) is 0 Å². The summed E-state index contributed by atoms with van der Waals surface area (Å²) in [5.74, 6) is -0.319. The van der Waals surface area contributed by atoms with Crippen molar-refractivity contribution in [1.82, 2.24) is 4.98 Å². The number of carbonyl (C=O) groups is 1. The number of aromatic nitrogens is 1. The van der Waals surface area contributed by atoms with Gasteiger partial charge in [0.25, 0.3) is 5.91 Å². The van der Waals surface area contributed by atoms with Crippen molar-refractivity contribution in [3.8, 4) is 0 Å². The van der Waals surface area contributed by atoms with Gasteiger partial charge >= 0.3 is 0 Å². The summed E-state index contributed by atoms with van der Waals surface area (Å²) >= 11 is 15.2. The zero-order valence-corrected chi connectivity index (χ0v) is 13.9. The minimum atomic E-state index is -0.319. The molecule has 0 spiro atoms. The third-order valence-corrected chi connectivity index (χ3v) is 4.52. The molecule has 0 bridgehead atoms. The molecule has 0 atom stereocenters. The number of benzene rings is 1. The molecule has 104 valence electrons. The zero-order chi connectivity index (χ0) is 14.9. The predicted octanol–water partition coefficient (Wildman–Crippen LogP) is 5.02. The van der Waals surface area contributed by atoms with Gasteiger partial charge in [-0.05, 0) is 43.2 Å². The molecule has 1 N–H and O–H groups in total. The molecule has 1 aromatic carbocycles. The average molecular weight is 374 g/mol. The Morgan fingerprint density at radius 1 is 1.20 bits per heavy atom. The van der Waals surface area contributed by atoms with Crippen LogP contribution in [0.25, 0.3) is 0 Å². The van der Waals surface area contributed by atoms with Gasteiger partial charge in [0.1, 0.15) is 5.15 Å². The Labute approximate surface area is 135 Å². The lowest BCUT2D eigenvalue weighted by Gasteiger charge is -2.10. The molecule has 0 fully saturated rings. The second-order valence-electron chi connectivity index (χ2n) is 4.37. The van der Waals surface area contributed by atoms with Crippen LogP contribution in [0.1, 0.15) is 21.5 Å². The maximum atomic E-state index is 12.2. The SMILES string of the molecule is Cc1cc(NC(=O)c2cc(Cl)ncc2Cl)cc(C)c1Br. The number of aryl methyl sites for hydroxylation is 2. The second-order valence-corrected chi connectivity index (χ2v) is 5.95. The van der Waals surface area contributed by atoms with Crippen molar-refractivity contribution in [3.05, 3.63) is 55.7 Å². The van der Waals surface area contributed by atoms with Gasteiger partial charge in [0.2, 0.25) is 0 Å². The molecule has 1 aromatic heterocycles. The molecule has 0 saturated heterocycles. The zero-order valence-electron chi connectivity index (χ0n) is 10.8. The number of hydrogen-bond acceptors (Lipinski definition) is 2. The second kappa shape index (κ2) is 6.12. The Kier molecular flexibility index (Phi) is 4.68. The molecule has 1 heterocycles. The van der Waals surface area contributed by atoms with Gasteiger partial charge < -0.3 is 5.32 Å². The predicted molar refractivity (Wildman–Crippen MR) is 85.8 cm³/mol. The highest BCUT2D eigenvalue weighted by Crippen LogP contribution is 2.26. The number of carbonyl (C=O) groups excluding carboxylic acids is 1. The van der Waals surface area contributed by atoms with Crippen LogP contribution in [-0.4, -0.2) is 10.9 Å². The fraction of sp³-hybridized carbons (Fsp3) is 0.143. The van der Waals surface area contributed by atoms with Crippen LogP contribution in [0.15, 0.2) is 28.9 Å². The fourth-order valence-electron chi connectivity index (χ4n) is 1.80. The Morgan fingerprint density at radius 3 is 2.40 bits per heavy atom. The quantitative estimate of drug-likeness (QED) is 0.751. The van der Waals surface area contributed by atoms with Crippen LogP contribution in [0.3, 0.4) is 0 Å². The largest absolute Gasteiger partial charge is 0.322 e. The van der Waals surface area contributed by atoms with Gasteiger partial charge in [0.15, 0.2) is 0 Å². The molecule has 2 rings (SSSR count). The van der Waals surface area contributed by atoms with Crippen LogP contribution in [0.2, 0.25) is 10.2 Å². The highest BCUT2D eigenvalue weighted by Gasteiger charge is 2.13. The molecule has 0 aliphatic rings. The van der Waals surface area contributed by atoms with Crippen LogP contribution < -0.4 is 5.32 Å². The molecule has 0 saturated carbocycles. The van der Waals surface area contributed by atoms with E-state index < -0.39 is 0 Å². The van der Waals surface area contributed by atoms with E-state index in [1.54, 1.807) is 0 Å². The number of halogens is 3. The van der Waals surface area contributed by atoms with Gasteiger partial charge in [-0.25, -0.2) is 4.98 Å². The molecular formula is C14H11BrCl2N2O. The molecule has 0 radical (unpaired) electrons. The first-order chi connectivity index (χ1) is 9.38. The summed E-state index contributed by atoms with van der Waals surface area (Å²) in [4.78, 5) is 16.0. The number of pyridine rings is 1. The van der Waals surface area contributed by atoms with Crippen molar-refractivity contribution in [2.24, 2.45) is 0 Å². The summed E-state index contributed by atoms with van der Waals surface area (Å²) in [7, 11) is 0. The number of anilines is 1. The van der Waals surface area contributed by atoms with E-state index in [-0.39, 0.29) is 16.1 Å². The van der Waals surface area contributed by atoms with Crippen molar-refractivity contribution < 1.29 is 4.79 Å². The number of amides is 1. The van der Waals surface area contributed by atoms with Crippen LogP contribution in [0, 0.1) is 13.8 Å². The number of nitrogens with one attached hydrogen (secondary N) is 1. The van der Waals surface area contributed by atoms with Crippen molar-refractivity contribution in [2.45, 2.75) is 13.8 Å². The van der Waals surface area contributed by atoms with E-state index in [1.807, 2.05) is 26.0 Å². The first kappa shape index (κ1) is 15.3. The minimum Gasteiger partial charge on any atom is -0.322 e. The summed E-state index contributed by atoms with van der Waals surface area (Å²) in [6.07, 6.45) is 1.36. The maximum Gasteiger partial charge on any atom is 0.257 e. The number of hydrogen-bond donors (Lipinski definition) is 1. The Balaban J connectivity index is 2.30. The minimum absolute atomic E-state index is 0.225. The molecular weight excluding hydrogens is 363 g/mol. The molecule has 6 heteroatoms. The highest BCUT2D eigenvalue weighted by molar-refractivity contribution is 9.10. The first-order valence-electron chi connectivity index (χ1n) is 5.77. The van der Waals surface area contributed by atoms with E-state index in [2.05, 4.69) is 26.2 Å². The van der Waals surface area contributed by atoms with E-state index in [9.17, 15) is 4.79 Å². The van der Waals surface area contributed by atoms with Gasteiger partial charge in [-0.1, -0.05) is 39.1 Å². The highest BCUT2D eigenvalue weighted by atomic mass is 79.9.